The molecule has 1 aliphatic heterocycles. The Kier molecular flexibility index (Phi) is 6.27. The number of halogens is 1. The van der Waals surface area contributed by atoms with E-state index in [0.717, 1.165) is 31.1 Å². The van der Waals surface area contributed by atoms with E-state index in [-0.39, 0.29) is 17.4 Å². The van der Waals surface area contributed by atoms with Crippen LogP contribution in [0.2, 0.25) is 0 Å². The van der Waals surface area contributed by atoms with E-state index in [4.69, 9.17) is 15.6 Å². The van der Waals surface area contributed by atoms with Gasteiger partial charge in [0.1, 0.15) is 5.82 Å². The van der Waals surface area contributed by atoms with Gasteiger partial charge >= 0.3 is 5.97 Å². The van der Waals surface area contributed by atoms with Gasteiger partial charge in [-0.05, 0) is 25.0 Å². The van der Waals surface area contributed by atoms with Gasteiger partial charge < -0.3 is 20.9 Å². The van der Waals surface area contributed by atoms with E-state index < -0.39 is 17.7 Å². The number of morpholine rings is 1. The standard InChI is InChI=1S/C11H13FN2O2.C8H8N2O2/c12-9-5-7(11(13)15)1-2-8(9)10-6-14-3-4-16-10;11-8(12)7-4-9-6(3-10-7)5-1-2-5/h1-2,5,10,14H,3-4,6H2,(H2,13,15);3-5H,1-2H2,(H,11,12)/t10-;/m0./s1. The molecule has 4 N–H and O–H groups in total. The van der Waals surface area contributed by atoms with Gasteiger partial charge in [0.2, 0.25) is 5.91 Å². The highest BCUT2D eigenvalue weighted by Crippen LogP contribution is 2.38. The zero-order chi connectivity index (χ0) is 20.1. The topological polar surface area (TPSA) is 127 Å². The van der Waals surface area contributed by atoms with Crippen molar-refractivity contribution < 1.29 is 23.8 Å². The molecule has 2 fully saturated rings. The van der Waals surface area contributed by atoms with E-state index in [9.17, 15) is 14.0 Å². The number of carbonyl (C=O) groups is 2. The Morgan fingerprint density at radius 1 is 1.25 bits per heavy atom. The summed E-state index contributed by atoms with van der Waals surface area (Å²) in [6, 6.07) is 4.21. The summed E-state index contributed by atoms with van der Waals surface area (Å²) in [5.41, 5.74) is 6.62. The van der Waals surface area contributed by atoms with Crippen molar-refractivity contribution in [2.45, 2.75) is 24.9 Å². The second kappa shape index (κ2) is 8.85. The molecule has 4 rings (SSSR count). The molecule has 1 atom stereocenters. The number of aromatic carboxylic acids is 1. The van der Waals surface area contributed by atoms with Crippen molar-refractivity contribution in [3.63, 3.8) is 0 Å². The summed E-state index contributed by atoms with van der Waals surface area (Å²) in [5, 5.41) is 11.6. The van der Waals surface area contributed by atoms with Crippen LogP contribution in [-0.2, 0) is 4.74 Å². The fourth-order valence-electron chi connectivity index (χ4n) is 2.75. The summed E-state index contributed by atoms with van der Waals surface area (Å²) in [4.78, 5) is 29.0. The number of benzene rings is 1. The van der Waals surface area contributed by atoms with Crippen LogP contribution >= 0.6 is 0 Å². The molecule has 1 saturated heterocycles. The number of amides is 1. The molecule has 2 aliphatic rings. The first-order valence-corrected chi connectivity index (χ1v) is 8.92. The number of carboxylic acids is 1. The molecule has 1 aromatic heterocycles. The summed E-state index contributed by atoms with van der Waals surface area (Å²) in [5.74, 6) is -1.58. The average Bonchev–Trinajstić information content (AvgIpc) is 3.54. The van der Waals surface area contributed by atoms with Crippen LogP contribution in [0.1, 0.15) is 57.0 Å². The van der Waals surface area contributed by atoms with E-state index in [0.29, 0.717) is 24.6 Å². The van der Waals surface area contributed by atoms with Gasteiger partial charge in [0, 0.05) is 36.3 Å². The molecule has 2 heterocycles. The van der Waals surface area contributed by atoms with Gasteiger partial charge in [-0.15, -0.1) is 0 Å². The SMILES string of the molecule is NC(=O)c1ccc([C@@H]2CNCCO2)c(F)c1.O=C(O)c1cnc(C2CC2)cn1. The number of nitrogens with two attached hydrogens (primary N) is 1. The van der Waals surface area contributed by atoms with Crippen LogP contribution in [-0.4, -0.2) is 46.6 Å². The number of nitrogens with one attached hydrogen (secondary N) is 1. The summed E-state index contributed by atoms with van der Waals surface area (Å²) >= 11 is 0. The number of carbonyl (C=O) groups excluding carboxylic acids is 1. The Morgan fingerprint density at radius 2 is 2.04 bits per heavy atom. The van der Waals surface area contributed by atoms with E-state index in [1.54, 1.807) is 12.3 Å². The normalized spacial score (nSPS) is 18.7. The van der Waals surface area contributed by atoms with Crippen molar-refractivity contribution >= 4 is 11.9 Å². The van der Waals surface area contributed by atoms with Gasteiger partial charge in [-0.25, -0.2) is 14.2 Å². The molecule has 2 aromatic rings. The zero-order valence-electron chi connectivity index (χ0n) is 15.1. The lowest BCUT2D eigenvalue weighted by atomic mass is 10.0. The third kappa shape index (κ3) is 5.08. The van der Waals surface area contributed by atoms with Crippen LogP contribution in [0.5, 0.6) is 0 Å². The zero-order valence-corrected chi connectivity index (χ0v) is 15.1. The maximum atomic E-state index is 13.7. The predicted molar refractivity (Wildman–Crippen MR) is 97.4 cm³/mol. The highest BCUT2D eigenvalue weighted by atomic mass is 19.1. The Labute approximate surface area is 160 Å². The minimum Gasteiger partial charge on any atom is -0.476 e. The Hall–Kier alpha value is -2.91. The molecule has 0 unspecified atom stereocenters. The second-order valence-electron chi connectivity index (χ2n) is 6.57. The van der Waals surface area contributed by atoms with Crippen LogP contribution in [0.15, 0.2) is 30.6 Å². The van der Waals surface area contributed by atoms with Gasteiger partial charge in [-0.3, -0.25) is 9.78 Å². The van der Waals surface area contributed by atoms with Crippen molar-refractivity contribution in [1.29, 1.82) is 0 Å². The summed E-state index contributed by atoms with van der Waals surface area (Å²) < 4.78 is 19.1. The Balaban J connectivity index is 0.000000167. The van der Waals surface area contributed by atoms with Gasteiger partial charge in [0.25, 0.3) is 0 Å². The molecule has 1 saturated carbocycles. The highest BCUT2D eigenvalue weighted by molar-refractivity contribution is 5.92. The van der Waals surface area contributed by atoms with E-state index in [1.807, 2.05) is 0 Å². The van der Waals surface area contributed by atoms with Crippen LogP contribution in [0.25, 0.3) is 0 Å². The van der Waals surface area contributed by atoms with Gasteiger partial charge in [-0.1, -0.05) is 6.07 Å². The Morgan fingerprint density at radius 3 is 2.54 bits per heavy atom. The summed E-state index contributed by atoms with van der Waals surface area (Å²) in [6.07, 6.45) is 4.88. The number of hydrogen-bond donors (Lipinski definition) is 3. The molecule has 1 aliphatic carbocycles. The highest BCUT2D eigenvalue weighted by Gasteiger charge is 2.25. The molecular formula is C19H21FN4O4. The quantitative estimate of drug-likeness (QED) is 0.726. The lowest BCUT2D eigenvalue weighted by Gasteiger charge is -2.24. The predicted octanol–water partition coefficient (Wildman–Crippen LogP) is 1.64. The van der Waals surface area contributed by atoms with Crippen molar-refractivity contribution in [1.82, 2.24) is 15.3 Å². The number of rotatable bonds is 4. The molecule has 0 spiro atoms. The number of nitrogens with zero attached hydrogens (tertiary/aromatic N) is 2. The minimum absolute atomic E-state index is 0.0133. The monoisotopic (exact) mass is 388 g/mol. The van der Waals surface area contributed by atoms with Crippen molar-refractivity contribution in [3.05, 3.63) is 58.9 Å². The number of primary amides is 1. The largest absolute Gasteiger partial charge is 0.476 e. The smallest absolute Gasteiger partial charge is 0.356 e. The first-order valence-electron chi connectivity index (χ1n) is 8.92. The van der Waals surface area contributed by atoms with Crippen LogP contribution in [0.3, 0.4) is 0 Å². The number of carboxylic acid groups (broad SMARTS) is 1. The first-order chi connectivity index (χ1) is 13.5. The van der Waals surface area contributed by atoms with Gasteiger partial charge in [0.15, 0.2) is 5.69 Å². The van der Waals surface area contributed by atoms with E-state index in [2.05, 4.69) is 15.3 Å². The fraction of sp³-hybridized carbons (Fsp3) is 0.368. The molecule has 9 heteroatoms. The number of hydrogen-bond acceptors (Lipinski definition) is 6. The van der Waals surface area contributed by atoms with Crippen LogP contribution < -0.4 is 11.1 Å². The summed E-state index contributed by atoms with van der Waals surface area (Å²) in [7, 11) is 0. The lowest BCUT2D eigenvalue weighted by molar-refractivity contribution is 0.0255. The third-order valence-corrected chi connectivity index (χ3v) is 4.45. The fourth-order valence-corrected chi connectivity index (χ4v) is 2.75. The molecule has 148 valence electrons. The van der Waals surface area contributed by atoms with Crippen molar-refractivity contribution in [2.24, 2.45) is 5.73 Å². The first kappa shape index (κ1) is 19.8. The van der Waals surface area contributed by atoms with Crippen LogP contribution in [0.4, 0.5) is 4.39 Å². The second-order valence-corrected chi connectivity index (χ2v) is 6.57. The molecule has 8 nitrogen and oxygen atoms in total. The van der Waals surface area contributed by atoms with Gasteiger partial charge in [0.05, 0.1) is 24.6 Å². The molecule has 1 amide bonds. The van der Waals surface area contributed by atoms with E-state index in [1.165, 1.54) is 12.3 Å². The van der Waals surface area contributed by atoms with Crippen molar-refractivity contribution in [2.75, 3.05) is 19.7 Å². The van der Waals surface area contributed by atoms with E-state index >= 15 is 0 Å². The summed E-state index contributed by atoms with van der Waals surface area (Å²) in [6.45, 7) is 1.91. The Bertz CT molecular complexity index is 850. The molecular weight excluding hydrogens is 367 g/mol. The minimum atomic E-state index is -1.02. The number of ether oxygens (including phenoxy) is 1. The molecule has 28 heavy (non-hydrogen) atoms. The van der Waals surface area contributed by atoms with Crippen molar-refractivity contribution in [3.8, 4) is 0 Å². The molecule has 0 radical (unpaired) electrons. The lowest BCUT2D eigenvalue weighted by Crippen LogP contribution is -2.33. The maximum absolute atomic E-state index is 13.7. The van der Waals surface area contributed by atoms with Crippen LogP contribution in [0, 0.1) is 5.82 Å². The molecule has 0 bridgehead atoms. The van der Waals surface area contributed by atoms with Gasteiger partial charge in [-0.2, -0.15) is 0 Å². The maximum Gasteiger partial charge on any atom is 0.356 e. The average molecular weight is 388 g/mol. The third-order valence-electron chi connectivity index (χ3n) is 4.45. The number of aromatic nitrogens is 2. The molecule has 1 aromatic carbocycles.